The molecule has 4 rings (SSSR count). The van der Waals surface area contributed by atoms with Crippen molar-refractivity contribution in [2.45, 2.75) is 39.3 Å². The van der Waals surface area contributed by atoms with Crippen molar-refractivity contribution < 1.29 is 19.0 Å². The summed E-state index contributed by atoms with van der Waals surface area (Å²) in [7, 11) is 0. The zero-order valence-corrected chi connectivity index (χ0v) is 16.2. The number of halogens is 1. The molecule has 7 nitrogen and oxygen atoms in total. The van der Waals surface area contributed by atoms with Crippen molar-refractivity contribution in [3.8, 4) is 22.7 Å². The molecule has 0 saturated heterocycles. The van der Waals surface area contributed by atoms with Crippen LogP contribution in [0.4, 0.5) is 4.39 Å². The van der Waals surface area contributed by atoms with Crippen molar-refractivity contribution in [1.82, 2.24) is 14.5 Å². The van der Waals surface area contributed by atoms with E-state index >= 15 is 0 Å². The molecule has 1 atom stereocenters. The van der Waals surface area contributed by atoms with Crippen molar-refractivity contribution >= 4 is 0 Å². The molecule has 4 heterocycles. The van der Waals surface area contributed by atoms with Gasteiger partial charge in [0.25, 0.3) is 5.56 Å². The van der Waals surface area contributed by atoms with Gasteiger partial charge in [-0.3, -0.25) is 19.3 Å². The van der Waals surface area contributed by atoms with Crippen LogP contribution in [0.1, 0.15) is 38.3 Å². The van der Waals surface area contributed by atoms with Crippen molar-refractivity contribution in [2.75, 3.05) is 0 Å². The summed E-state index contributed by atoms with van der Waals surface area (Å²) in [4.78, 5) is 21.5. The highest BCUT2D eigenvalue weighted by Gasteiger charge is 2.29. The number of fused-ring (bicyclic) bond motifs is 3. The summed E-state index contributed by atoms with van der Waals surface area (Å²) in [5.41, 5.74) is 0.613. The van der Waals surface area contributed by atoms with Crippen LogP contribution in [-0.2, 0) is 11.3 Å². The van der Waals surface area contributed by atoms with Crippen molar-refractivity contribution in [2.24, 2.45) is 0 Å². The van der Waals surface area contributed by atoms with Crippen LogP contribution in [0.2, 0.25) is 0 Å². The average molecular weight is 397 g/mol. The Balaban J connectivity index is 2.00. The molecule has 150 valence electrons. The highest BCUT2D eigenvalue weighted by atomic mass is 19.1. The Hall–Kier alpha value is -3.10. The van der Waals surface area contributed by atoms with Crippen LogP contribution in [-0.4, -0.2) is 25.2 Å². The van der Waals surface area contributed by atoms with E-state index in [1.54, 1.807) is 45.2 Å². The molecule has 0 bridgehead atoms. The SMILES string of the molecule is CC(C)(C)OC(O)c1cc2c(n(-c3cncc(F)c3)c1=O)COc1cccnc1-2. The molecule has 0 amide bonds. The van der Waals surface area contributed by atoms with Gasteiger partial charge in [-0.2, -0.15) is 0 Å². The maximum absolute atomic E-state index is 13.8. The van der Waals surface area contributed by atoms with E-state index in [2.05, 4.69) is 9.97 Å². The summed E-state index contributed by atoms with van der Waals surface area (Å²) < 4.78 is 26.5. The molecule has 1 N–H and O–H groups in total. The van der Waals surface area contributed by atoms with Gasteiger partial charge >= 0.3 is 0 Å². The molecule has 0 saturated carbocycles. The lowest BCUT2D eigenvalue weighted by Crippen LogP contribution is -2.32. The molecule has 1 aliphatic rings. The fourth-order valence-electron chi connectivity index (χ4n) is 3.25. The third kappa shape index (κ3) is 3.64. The minimum absolute atomic E-state index is 0.0152. The number of pyridine rings is 3. The zero-order chi connectivity index (χ0) is 20.8. The van der Waals surface area contributed by atoms with Crippen LogP contribution >= 0.6 is 0 Å². The molecule has 8 heteroatoms. The van der Waals surface area contributed by atoms with Gasteiger partial charge in [0.1, 0.15) is 23.9 Å². The zero-order valence-electron chi connectivity index (χ0n) is 16.2. The van der Waals surface area contributed by atoms with E-state index in [1.165, 1.54) is 16.8 Å². The number of aliphatic hydroxyl groups is 1. The first-order valence-corrected chi connectivity index (χ1v) is 9.08. The lowest BCUT2D eigenvalue weighted by molar-refractivity contribution is -0.170. The maximum Gasteiger partial charge on any atom is 0.263 e. The maximum atomic E-state index is 13.8. The molecule has 0 spiro atoms. The van der Waals surface area contributed by atoms with Gasteiger partial charge in [-0.15, -0.1) is 0 Å². The third-order valence-corrected chi connectivity index (χ3v) is 4.40. The fourth-order valence-corrected chi connectivity index (χ4v) is 3.25. The highest BCUT2D eigenvalue weighted by molar-refractivity contribution is 5.71. The minimum Gasteiger partial charge on any atom is -0.485 e. The first-order valence-electron chi connectivity index (χ1n) is 9.08. The van der Waals surface area contributed by atoms with Gasteiger partial charge < -0.3 is 14.6 Å². The molecule has 0 fully saturated rings. The third-order valence-electron chi connectivity index (χ3n) is 4.40. The van der Waals surface area contributed by atoms with Gasteiger partial charge in [-0.25, -0.2) is 4.39 Å². The molecular formula is C21H20FN3O4. The van der Waals surface area contributed by atoms with E-state index < -0.39 is 23.3 Å². The van der Waals surface area contributed by atoms with Gasteiger partial charge in [0.05, 0.1) is 34.9 Å². The number of hydrogen-bond acceptors (Lipinski definition) is 6. The van der Waals surface area contributed by atoms with Gasteiger partial charge in [-0.1, -0.05) is 0 Å². The second-order valence-electron chi connectivity index (χ2n) is 7.68. The van der Waals surface area contributed by atoms with E-state index in [0.717, 1.165) is 6.20 Å². The van der Waals surface area contributed by atoms with E-state index in [4.69, 9.17) is 9.47 Å². The Bertz CT molecular complexity index is 1140. The quantitative estimate of drug-likeness (QED) is 0.684. The van der Waals surface area contributed by atoms with E-state index in [1.807, 2.05) is 0 Å². The first kappa shape index (κ1) is 19.2. The highest BCUT2D eigenvalue weighted by Crippen LogP contribution is 2.37. The molecule has 1 aliphatic heterocycles. The Morgan fingerprint density at radius 3 is 2.83 bits per heavy atom. The minimum atomic E-state index is -1.48. The number of ether oxygens (including phenoxy) is 2. The Morgan fingerprint density at radius 1 is 1.31 bits per heavy atom. The van der Waals surface area contributed by atoms with Crippen molar-refractivity contribution in [1.29, 1.82) is 0 Å². The number of rotatable bonds is 3. The van der Waals surface area contributed by atoms with E-state index in [0.29, 0.717) is 22.7 Å². The normalized spacial score (nSPS) is 14.0. The summed E-state index contributed by atoms with van der Waals surface area (Å²) in [6.45, 7) is 5.40. The fraction of sp³-hybridized carbons (Fsp3) is 0.286. The van der Waals surface area contributed by atoms with Crippen LogP contribution in [0, 0.1) is 5.82 Å². The lowest BCUT2D eigenvalue weighted by atomic mass is 10.0. The Morgan fingerprint density at radius 2 is 2.10 bits per heavy atom. The van der Waals surface area contributed by atoms with Crippen molar-refractivity contribution in [3.05, 3.63) is 70.3 Å². The van der Waals surface area contributed by atoms with Crippen LogP contribution in [0.15, 0.2) is 47.7 Å². The Labute approximate surface area is 166 Å². The largest absolute Gasteiger partial charge is 0.485 e. The van der Waals surface area contributed by atoms with Gasteiger partial charge in [0.15, 0.2) is 6.29 Å². The summed E-state index contributed by atoms with van der Waals surface area (Å²) in [5.74, 6) is -0.0324. The van der Waals surface area contributed by atoms with E-state index in [9.17, 15) is 14.3 Å². The van der Waals surface area contributed by atoms with Gasteiger partial charge in [0, 0.05) is 17.8 Å². The molecule has 1 unspecified atom stereocenters. The summed E-state index contributed by atoms with van der Waals surface area (Å²) in [5, 5.41) is 10.6. The van der Waals surface area contributed by atoms with Crippen LogP contribution in [0.3, 0.4) is 0 Å². The predicted octanol–water partition coefficient (Wildman–Crippen LogP) is 3.13. The van der Waals surface area contributed by atoms with Gasteiger partial charge in [-0.05, 0) is 39.0 Å². The summed E-state index contributed by atoms with van der Waals surface area (Å²) >= 11 is 0. The van der Waals surface area contributed by atoms with Crippen LogP contribution in [0.5, 0.6) is 5.75 Å². The number of aliphatic hydroxyl groups excluding tert-OH is 1. The van der Waals surface area contributed by atoms with Crippen molar-refractivity contribution in [3.63, 3.8) is 0 Å². The molecule has 29 heavy (non-hydrogen) atoms. The molecule has 0 aromatic carbocycles. The first-order chi connectivity index (χ1) is 13.7. The van der Waals surface area contributed by atoms with Crippen LogP contribution < -0.4 is 10.3 Å². The molecule has 3 aromatic rings. The lowest BCUT2D eigenvalue weighted by Gasteiger charge is -2.27. The van der Waals surface area contributed by atoms with E-state index in [-0.39, 0.29) is 17.9 Å². The standard InChI is InChI=1S/C21H20FN3O4/c1-21(2,3)29-20(27)15-8-14-16(11-28-17-5-4-6-24-18(14)17)25(19(15)26)13-7-12(22)9-23-10-13/h4-10,20,27H,11H2,1-3H3. The second kappa shape index (κ2) is 7.06. The predicted molar refractivity (Wildman–Crippen MR) is 103 cm³/mol. The monoisotopic (exact) mass is 397 g/mol. The summed E-state index contributed by atoms with van der Waals surface area (Å²) in [6, 6.07) is 6.27. The molecular weight excluding hydrogens is 377 g/mol. The second-order valence-corrected chi connectivity index (χ2v) is 7.68. The topological polar surface area (TPSA) is 86.5 Å². The molecule has 0 aliphatic carbocycles. The number of aromatic nitrogens is 3. The molecule has 3 aromatic heterocycles. The average Bonchev–Trinajstić information content (AvgIpc) is 2.65. The Kier molecular flexibility index (Phi) is 4.68. The van der Waals surface area contributed by atoms with Crippen LogP contribution in [0.25, 0.3) is 16.9 Å². The number of nitrogens with zero attached hydrogens (tertiary/aromatic N) is 3. The summed E-state index contributed by atoms with van der Waals surface area (Å²) in [6.07, 6.45) is 2.56. The molecule has 0 radical (unpaired) electrons. The number of hydrogen-bond donors (Lipinski definition) is 1. The smallest absolute Gasteiger partial charge is 0.263 e. The van der Waals surface area contributed by atoms with Gasteiger partial charge in [0.2, 0.25) is 0 Å².